The fourth-order valence-electron chi connectivity index (χ4n) is 2.03. The number of hydrogen-bond donors (Lipinski definition) is 0. The van der Waals surface area contributed by atoms with Crippen molar-refractivity contribution in [2.45, 2.75) is 20.4 Å². The van der Waals surface area contributed by atoms with Gasteiger partial charge in [-0.3, -0.25) is 9.69 Å². The number of aryl methyl sites for hydroxylation is 2. The second-order valence-corrected chi connectivity index (χ2v) is 5.83. The van der Waals surface area contributed by atoms with Gasteiger partial charge in [0.05, 0.1) is 17.2 Å². The molecule has 0 amide bonds. The van der Waals surface area contributed by atoms with Crippen LogP contribution in [0.4, 0.5) is 0 Å². The molecule has 0 unspecified atom stereocenters. The highest BCUT2D eigenvalue weighted by Gasteiger charge is 2.12. The van der Waals surface area contributed by atoms with E-state index < -0.39 is 0 Å². The lowest BCUT2D eigenvalue weighted by molar-refractivity contribution is 0.0942. The quantitative estimate of drug-likeness (QED) is 0.786. The van der Waals surface area contributed by atoms with E-state index >= 15 is 0 Å². The molecule has 0 saturated heterocycles. The molecule has 0 N–H and O–H groups in total. The summed E-state index contributed by atoms with van der Waals surface area (Å²) >= 11 is 1.64. The number of nitrogens with zero attached hydrogens (tertiary/aromatic N) is 2. The highest BCUT2D eigenvalue weighted by Crippen LogP contribution is 2.12. The molecule has 1 aromatic heterocycles. The summed E-state index contributed by atoms with van der Waals surface area (Å²) in [6.07, 6.45) is 0. The van der Waals surface area contributed by atoms with Crippen LogP contribution in [0.5, 0.6) is 0 Å². The predicted molar refractivity (Wildman–Crippen MR) is 78.7 cm³/mol. The van der Waals surface area contributed by atoms with E-state index in [0.29, 0.717) is 13.1 Å². The van der Waals surface area contributed by atoms with E-state index in [1.54, 1.807) is 11.3 Å². The van der Waals surface area contributed by atoms with Crippen LogP contribution in [0.1, 0.15) is 26.6 Å². The fraction of sp³-hybridized carbons (Fsp3) is 0.333. The van der Waals surface area contributed by atoms with Crippen molar-refractivity contribution in [2.75, 3.05) is 13.6 Å². The number of likely N-dealkylation sites (N-methyl/N-ethyl adjacent to an activating group) is 1. The van der Waals surface area contributed by atoms with Gasteiger partial charge in [0.1, 0.15) is 0 Å². The Morgan fingerprint density at radius 2 is 2.05 bits per heavy atom. The number of Topliss-reactive ketones (excluding diaryl/α,β-unsaturated/α-hetero) is 1. The Morgan fingerprint density at radius 1 is 1.32 bits per heavy atom. The second-order valence-electron chi connectivity index (χ2n) is 4.77. The van der Waals surface area contributed by atoms with Gasteiger partial charge in [-0.05, 0) is 26.5 Å². The molecule has 1 aromatic carbocycles. The smallest absolute Gasteiger partial charge is 0.177 e. The van der Waals surface area contributed by atoms with Crippen LogP contribution in [0.2, 0.25) is 0 Å². The second kappa shape index (κ2) is 6.08. The van der Waals surface area contributed by atoms with E-state index in [9.17, 15) is 4.79 Å². The van der Waals surface area contributed by atoms with Crippen LogP contribution >= 0.6 is 11.3 Å². The van der Waals surface area contributed by atoms with Crippen molar-refractivity contribution in [1.29, 1.82) is 0 Å². The molecule has 0 aliphatic rings. The van der Waals surface area contributed by atoms with Crippen LogP contribution in [0, 0.1) is 13.8 Å². The first kappa shape index (κ1) is 13.9. The molecule has 100 valence electrons. The maximum absolute atomic E-state index is 12.2. The molecule has 19 heavy (non-hydrogen) atoms. The summed E-state index contributed by atoms with van der Waals surface area (Å²) in [6.45, 7) is 5.09. The molecular weight excluding hydrogens is 256 g/mol. The van der Waals surface area contributed by atoms with Crippen LogP contribution < -0.4 is 0 Å². The normalized spacial score (nSPS) is 10.9. The Hall–Kier alpha value is -1.52. The summed E-state index contributed by atoms with van der Waals surface area (Å²) in [6, 6.07) is 7.72. The summed E-state index contributed by atoms with van der Waals surface area (Å²) in [5, 5.41) is 3.11. The van der Waals surface area contributed by atoms with Crippen molar-refractivity contribution in [3.05, 3.63) is 51.5 Å². The summed E-state index contributed by atoms with van der Waals surface area (Å²) in [5.41, 5.74) is 2.87. The van der Waals surface area contributed by atoms with Crippen molar-refractivity contribution in [3.63, 3.8) is 0 Å². The van der Waals surface area contributed by atoms with Crippen molar-refractivity contribution >= 4 is 17.1 Å². The standard InChI is InChI=1S/C15H18N2OS/c1-11-6-4-5-7-14(11)15(18)9-17(3)8-13-10-19-12(2)16-13/h4-7,10H,8-9H2,1-3H3. The Morgan fingerprint density at radius 3 is 2.68 bits per heavy atom. The van der Waals surface area contributed by atoms with Gasteiger partial charge in [0.25, 0.3) is 0 Å². The van der Waals surface area contributed by atoms with E-state index in [0.717, 1.165) is 21.8 Å². The molecular formula is C15H18N2OS. The lowest BCUT2D eigenvalue weighted by atomic mass is 10.0. The minimum Gasteiger partial charge on any atom is -0.293 e. The molecule has 0 aliphatic heterocycles. The van der Waals surface area contributed by atoms with Gasteiger partial charge in [-0.25, -0.2) is 4.98 Å². The lowest BCUT2D eigenvalue weighted by Gasteiger charge is -2.15. The van der Waals surface area contributed by atoms with Crippen molar-refractivity contribution in [1.82, 2.24) is 9.88 Å². The highest BCUT2D eigenvalue weighted by molar-refractivity contribution is 7.09. The summed E-state index contributed by atoms with van der Waals surface area (Å²) in [4.78, 5) is 18.6. The SMILES string of the molecule is Cc1nc(CN(C)CC(=O)c2ccccc2C)cs1. The topological polar surface area (TPSA) is 33.2 Å². The zero-order valence-corrected chi connectivity index (χ0v) is 12.3. The number of hydrogen-bond acceptors (Lipinski definition) is 4. The van der Waals surface area contributed by atoms with Gasteiger partial charge in [-0.15, -0.1) is 11.3 Å². The van der Waals surface area contributed by atoms with E-state index in [1.807, 2.05) is 55.4 Å². The Kier molecular flexibility index (Phi) is 4.45. The lowest BCUT2D eigenvalue weighted by Crippen LogP contribution is -2.26. The van der Waals surface area contributed by atoms with Gasteiger partial charge < -0.3 is 0 Å². The molecule has 1 heterocycles. The monoisotopic (exact) mass is 274 g/mol. The van der Waals surface area contributed by atoms with Crippen LogP contribution in [0.25, 0.3) is 0 Å². The Bertz CT molecular complexity index is 577. The molecule has 0 aliphatic carbocycles. The van der Waals surface area contributed by atoms with Crippen LogP contribution in [-0.4, -0.2) is 29.3 Å². The first-order valence-corrected chi connectivity index (χ1v) is 7.12. The van der Waals surface area contributed by atoms with Crippen LogP contribution in [-0.2, 0) is 6.54 Å². The molecule has 0 saturated carbocycles. The minimum atomic E-state index is 0.160. The van der Waals surface area contributed by atoms with Gasteiger partial charge in [0.15, 0.2) is 5.78 Å². The van der Waals surface area contributed by atoms with Crippen molar-refractivity contribution < 1.29 is 4.79 Å². The third kappa shape index (κ3) is 3.72. The molecule has 0 radical (unpaired) electrons. The molecule has 2 aromatic rings. The molecule has 0 atom stereocenters. The first-order chi connectivity index (χ1) is 9.06. The Balaban J connectivity index is 1.97. The number of carbonyl (C=O) groups is 1. The van der Waals surface area contributed by atoms with Gasteiger partial charge in [-0.1, -0.05) is 24.3 Å². The molecule has 0 spiro atoms. The van der Waals surface area contributed by atoms with Gasteiger partial charge in [0, 0.05) is 17.5 Å². The number of benzene rings is 1. The number of carbonyl (C=O) groups excluding carboxylic acids is 1. The van der Waals surface area contributed by atoms with Crippen LogP contribution in [0.3, 0.4) is 0 Å². The number of ketones is 1. The van der Waals surface area contributed by atoms with Crippen molar-refractivity contribution in [2.24, 2.45) is 0 Å². The molecule has 3 nitrogen and oxygen atoms in total. The number of thiazole rings is 1. The van der Waals surface area contributed by atoms with Gasteiger partial charge in [-0.2, -0.15) is 0 Å². The minimum absolute atomic E-state index is 0.160. The number of aromatic nitrogens is 1. The summed E-state index contributed by atoms with van der Waals surface area (Å²) in [7, 11) is 1.95. The largest absolute Gasteiger partial charge is 0.293 e. The molecule has 0 bridgehead atoms. The first-order valence-electron chi connectivity index (χ1n) is 6.24. The predicted octanol–water partition coefficient (Wildman–Crippen LogP) is 3.07. The molecule has 4 heteroatoms. The summed E-state index contributed by atoms with van der Waals surface area (Å²) < 4.78 is 0. The Labute approximate surface area is 117 Å². The van der Waals surface area contributed by atoms with Gasteiger partial charge >= 0.3 is 0 Å². The molecule has 0 fully saturated rings. The fourth-order valence-corrected chi connectivity index (χ4v) is 2.63. The van der Waals surface area contributed by atoms with E-state index in [-0.39, 0.29) is 5.78 Å². The molecule has 2 rings (SSSR count). The van der Waals surface area contributed by atoms with Gasteiger partial charge in [0.2, 0.25) is 0 Å². The summed E-state index contributed by atoms with van der Waals surface area (Å²) in [5.74, 6) is 0.160. The van der Waals surface area contributed by atoms with E-state index in [4.69, 9.17) is 0 Å². The van der Waals surface area contributed by atoms with E-state index in [2.05, 4.69) is 4.98 Å². The van der Waals surface area contributed by atoms with E-state index in [1.165, 1.54) is 0 Å². The average Bonchev–Trinajstić information content (AvgIpc) is 2.74. The highest BCUT2D eigenvalue weighted by atomic mass is 32.1. The van der Waals surface area contributed by atoms with Crippen molar-refractivity contribution in [3.8, 4) is 0 Å². The average molecular weight is 274 g/mol. The number of rotatable bonds is 5. The zero-order chi connectivity index (χ0) is 13.8. The third-order valence-electron chi connectivity index (χ3n) is 2.96. The zero-order valence-electron chi connectivity index (χ0n) is 11.5. The maximum Gasteiger partial charge on any atom is 0.177 e. The van der Waals surface area contributed by atoms with Crippen LogP contribution in [0.15, 0.2) is 29.6 Å². The maximum atomic E-state index is 12.2. The third-order valence-corrected chi connectivity index (χ3v) is 3.78.